The van der Waals surface area contributed by atoms with Crippen molar-refractivity contribution < 1.29 is 19.4 Å². The third-order valence-corrected chi connectivity index (χ3v) is 2.98. The number of aliphatic hydroxyl groups is 1. The third-order valence-electron chi connectivity index (χ3n) is 2.98. The van der Waals surface area contributed by atoms with Crippen molar-refractivity contribution in [2.75, 3.05) is 13.1 Å². The van der Waals surface area contributed by atoms with E-state index in [-0.39, 0.29) is 11.3 Å². The second-order valence-corrected chi connectivity index (χ2v) is 4.10. The van der Waals surface area contributed by atoms with Crippen molar-refractivity contribution in [3.63, 3.8) is 0 Å². The first kappa shape index (κ1) is 11.2. The van der Waals surface area contributed by atoms with Crippen LogP contribution < -0.4 is 5.32 Å². The summed E-state index contributed by atoms with van der Waals surface area (Å²) in [6.45, 7) is 1.50. The van der Waals surface area contributed by atoms with Gasteiger partial charge in [-0.25, -0.2) is 4.79 Å². The van der Waals surface area contributed by atoms with Crippen molar-refractivity contribution in [2.45, 2.75) is 24.9 Å². The molecule has 1 saturated heterocycles. The molecule has 1 aromatic rings. The lowest BCUT2D eigenvalue weighted by molar-refractivity contribution is 0.00111. The fourth-order valence-electron chi connectivity index (χ4n) is 2.12. The molecule has 0 radical (unpaired) electrons. The number of furan rings is 1. The van der Waals surface area contributed by atoms with E-state index < -0.39 is 11.6 Å². The van der Waals surface area contributed by atoms with Gasteiger partial charge in [-0.15, -0.1) is 0 Å². The van der Waals surface area contributed by atoms with Gasteiger partial charge in [0, 0.05) is 0 Å². The fourth-order valence-corrected chi connectivity index (χ4v) is 2.12. The molecule has 1 aliphatic heterocycles. The molecule has 5 heteroatoms. The lowest BCUT2D eigenvalue weighted by atomic mass is 9.90. The van der Waals surface area contributed by atoms with E-state index in [2.05, 4.69) is 5.32 Å². The molecule has 0 aliphatic carbocycles. The van der Waals surface area contributed by atoms with E-state index in [9.17, 15) is 9.90 Å². The van der Waals surface area contributed by atoms with Crippen LogP contribution in [0.4, 0.5) is 0 Å². The highest BCUT2D eigenvalue weighted by molar-refractivity contribution is 5.89. The van der Waals surface area contributed by atoms with Gasteiger partial charge in [-0.2, -0.15) is 0 Å². The summed E-state index contributed by atoms with van der Waals surface area (Å²) in [5.74, 6) is -0.877. The zero-order valence-electron chi connectivity index (χ0n) is 8.90. The van der Waals surface area contributed by atoms with E-state index >= 15 is 0 Å². The van der Waals surface area contributed by atoms with Gasteiger partial charge in [0.05, 0.1) is 6.26 Å². The molecule has 88 valence electrons. The van der Waals surface area contributed by atoms with E-state index in [0.717, 1.165) is 13.0 Å². The van der Waals surface area contributed by atoms with Gasteiger partial charge in [0.25, 0.3) is 0 Å². The predicted molar refractivity (Wildman–Crippen MR) is 56.3 cm³/mol. The lowest BCUT2D eigenvalue weighted by Crippen LogP contribution is -2.28. The Balaban J connectivity index is 2.33. The third kappa shape index (κ3) is 1.96. The van der Waals surface area contributed by atoms with Crippen molar-refractivity contribution in [2.24, 2.45) is 0 Å². The van der Waals surface area contributed by atoms with Gasteiger partial charge < -0.3 is 19.9 Å². The molecule has 1 aromatic heterocycles. The molecule has 0 amide bonds. The highest BCUT2D eigenvalue weighted by atomic mass is 16.4. The van der Waals surface area contributed by atoms with E-state index in [0.29, 0.717) is 19.4 Å². The minimum atomic E-state index is -1.15. The standard InChI is InChI=1S/C11H15NO4/c13-10(14)8-2-7-16-9(8)11(15)3-1-5-12-6-4-11/h2,7,12,15H,1,3-6H2,(H,13,14). The first-order valence-corrected chi connectivity index (χ1v) is 5.38. The van der Waals surface area contributed by atoms with Crippen LogP contribution in [0.5, 0.6) is 0 Å². The van der Waals surface area contributed by atoms with Crippen LogP contribution in [-0.2, 0) is 5.60 Å². The summed E-state index contributed by atoms with van der Waals surface area (Å²) in [6.07, 6.45) is 3.11. The molecule has 1 unspecified atom stereocenters. The quantitative estimate of drug-likeness (QED) is 0.697. The maximum absolute atomic E-state index is 11.0. The summed E-state index contributed by atoms with van der Waals surface area (Å²) in [7, 11) is 0. The highest BCUT2D eigenvalue weighted by Gasteiger charge is 2.36. The summed E-state index contributed by atoms with van der Waals surface area (Å²) >= 11 is 0. The largest absolute Gasteiger partial charge is 0.478 e. The Bertz CT molecular complexity index is 377. The monoisotopic (exact) mass is 225 g/mol. The SMILES string of the molecule is O=C(O)c1ccoc1C1(O)CCCNCC1. The van der Waals surface area contributed by atoms with E-state index in [1.165, 1.54) is 12.3 Å². The number of nitrogens with one attached hydrogen (secondary N) is 1. The average Bonchev–Trinajstić information content (AvgIpc) is 2.64. The summed E-state index contributed by atoms with van der Waals surface area (Å²) in [5.41, 5.74) is -1.09. The number of carboxylic acid groups (broad SMARTS) is 1. The van der Waals surface area contributed by atoms with Gasteiger partial charge in [0.2, 0.25) is 0 Å². The molecule has 0 bridgehead atoms. The fraction of sp³-hybridized carbons (Fsp3) is 0.545. The molecular formula is C11H15NO4. The number of carboxylic acids is 1. The number of hydrogen-bond acceptors (Lipinski definition) is 4. The van der Waals surface area contributed by atoms with Crippen LogP contribution in [-0.4, -0.2) is 29.3 Å². The second-order valence-electron chi connectivity index (χ2n) is 4.10. The number of aromatic carboxylic acids is 1. The number of hydrogen-bond donors (Lipinski definition) is 3. The topological polar surface area (TPSA) is 82.7 Å². The van der Waals surface area contributed by atoms with E-state index in [4.69, 9.17) is 9.52 Å². The summed E-state index contributed by atoms with van der Waals surface area (Å²) in [6, 6.07) is 1.38. The van der Waals surface area contributed by atoms with Crippen molar-refractivity contribution in [1.29, 1.82) is 0 Å². The van der Waals surface area contributed by atoms with Gasteiger partial charge in [0.1, 0.15) is 16.9 Å². The molecule has 1 atom stereocenters. The molecule has 2 heterocycles. The molecular weight excluding hydrogens is 210 g/mol. The maximum atomic E-state index is 11.0. The Morgan fingerprint density at radius 2 is 2.25 bits per heavy atom. The van der Waals surface area contributed by atoms with Gasteiger partial charge in [-0.3, -0.25) is 0 Å². The lowest BCUT2D eigenvalue weighted by Gasteiger charge is -2.24. The normalized spacial score (nSPS) is 26.3. The summed E-state index contributed by atoms with van der Waals surface area (Å²) in [5, 5.41) is 22.6. The van der Waals surface area contributed by atoms with E-state index in [1.54, 1.807) is 0 Å². The summed E-state index contributed by atoms with van der Waals surface area (Å²) in [4.78, 5) is 11.0. The van der Waals surface area contributed by atoms with Gasteiger partial charge >= 0.3 is 5.97 Å². The molecule has 0 spiro atoms. The summed E-state index contributed by atoms with van der Waals surface area (Å²) < 4.78 is 5.17. The smallest absolute Gasteiger partial charge is 0.339 e. The van der Waals surface area contributed by atoms with E-state index in [1.807, 2.05) is 0 Å². The molecule has 2 rings (SSSR count). The van der Waals surface area contributed by atoms with Gasteiger partial charge in [0.15, 0.2) is 0 Å². The maximum Gasteiger partial charge on any atom is 0.339 e. The Labute approximate surface area is 93.1 Å². The van der Waals surface area contributed by atoms with Crippen LogP contribution >= 0.6 is 0 Å². The van der Waals surface area contributed by atoms with Crippen LogP contribution in [0.15, 0.2) is 16.7 Å². The molecule has 3 N–H and O–H groups in total. The van der Waals surface area contributed by atoms with Gasteiger partial charge in [-0.05, 0) is 38.4 Å². The number of rotatable bonds is 2. The van der Waals surface area contributed by atoms with Gasteiger partial charge in [-0.1, -0.05) is 0 Å². The Hall–Kier alpha value is -1.33. The predicted octanol–water partition coefficient (Wildman–Crippen LogP) is 0.939. The Morgan fingerprint density at radius 1 is 1.44 bits per heavy atom. The molecule has 1 aliphatic rings. The van der Waals surface area contributed by atoms with Crippen molar-refractivity contribution in [3.8, 4) is 0 Å². The Morgan fingerprint density at radius 3 is 3.00 bits per heavy atom. The van der Waals surface area contributed by atoms with Crippen LogP contribution in [0.1, 0.15) is 35.4 Å². The zero-order chi connectivity index (χ0) is 11.6. The van der Waals surface area contributed by atoms with Crippen molar-refractivity contribution >= 4 is 5.97 Å². The minimum absolute atomic E-state index is 0.0596. The van der Waals surface area contributed by atoms with Crippen LogP contribution in [0, 0.1) is 0 Å². The molecule has 0 aromatic carbocycles. The average molecular weight is 225 g/mol. The zero-order valence-corrected chi connectivity index (χ0v) is 8.90. The number of carbonyl (C=O) groups is 1. The van der Waals surface area contributed by atoms with Crippen LogP contribution in [0.25, 0.3) is 0 Å². The minimum Gasteiger partial charge on any atom is -0.478 e. The highest BCUT2D eigenvalue weighted by Crippen LogP contribution is 2.34. The first-order chi connectivity index (χ1) is 7.63. The van der Waals surface area contributed by atoms with Crippen LogP contribution in [0.3, 0.4) is 0 Å². The second kappa shape index (κ2) is 4.27. The first-order valence-electron chi connectivity index (χ1n) is 5.38. The Kier molecular flexibility index (Phi) is 2.98. The molecule has 5 nitrogen and oxygen atoms in total. The van der Waals surface area contributed by atoms with Crippen molar-refractivity contribution in [1.82, 2.24) is 5.32 Å². The molecule has 0 saturated carbocycles. The molecule has 1 fully saturated rings. The van der Waals surface area contributed by atoms with Crippen LogP contribution in [0.2, 0.25) is 0 Å². The molecule has 16 heavy (non-hydrogen) atoms. The van der Waals surface area contributed by atoms with Crippen molar-refractivity contribution in [3.05, 3.63) is 23.7 Å².